The van der Waals surface area contributed by atoms with E-state index in [0.717, 1.165) is 39.4 Å². The molecule has 7 heteroatoms. The zero-order valence-electron chi connectivity index (χ0n) is 15.8. The van der Waals surface area contributed by atoms with E-state index in [1.54, 1.807) is 11.9 Å². The molecule has 0 saturated carbocycles. The summed E-state index contributed by atoms with van der Waals surface area (Å²) >= 11 is 1.47. The molecule has 4 rings (SSSR count). The summed E-state index contributed by atoms with van der Waals surface area (Å²) in [6, 6.07) is 0. The van der Waals surface area contributed by atoms with E-state index in [9.17, 15) is 4.79 Å². The van der Waals surface area contributed by atoms with Gasteiger partial charge in [-0.2, -0.15) is 0 Å². The molecule has 1 amide bonds. The van der Waals surface area contributed by atoms with Crippen LogP contribution in [-0.4, -0.2) is 53.6 Å². The molecule has 0 atom stereocenters. The van der Waals surface area contributed by atoms with Gasteiger partial charge in [-0.15, -0.1) is 11.3 Å². The monoisotopic (exact) mass is 386 g/mol. The normalized spacial score (nSPS) is 17.8. The first-order chi connectivity index (χ1) is 13.2. The highest BCUT2D eigenvalue weighted by atomic mass is 32.1. The fourth-order valence-electron chi connectivity index (χ4n) is 3.79. The van der Waals surface area contributed by atoms with E-state index in [2.05, 4.69) is 21.4 Å². The van der Waals surface area contributed by atoms with E-state index < -0.39 is 0 Å². The highest BCUT2D eigenvalue weighted by molar-refractivity contribution is 7.20. The van der Waals surface area contributed by atoms with Crippen molar-refractivity contribution in [3.63, 3.8) is 0 Å². The number of anilines is 1. The zero-order valence-corrected chi connectivity index (χ0v) is 16.6. The molecule has 0 aromatic carbocycles. The lowest BCUT2D eigenvalue weighted by molar-refractivity contribution is 0.0306. The van der Waals surface area contributed by atoms with Crippen molar-refractivity contribution >= 4 is 33.3 Å². The molecule has 0 spiro atoms. The molecular formula is C20H26N4O2S. The summed E-state index contributed by atoms with van der Waals surface area (Å²) in [5.74, 6) is 0.920. The second-order valence-corrected chi connectivity index (χ2v) is 8.15. The maximum Gasteiger partial charge on any atom is 0.264 e. The van der Waals surface area contributed by atoms with E-state index in [1.165, 1.54) is 37.0 Å². The molecule has 0 radical (unpaired) electrons. The first-order valence-electron chi connectivity index (χ1n) is 9.77. The number of nitrogens with one attached hydrogen (secondary N) is 1. The third kappa shape index (κ3) is 3.99. The van der Waals surface area contributed by atoms with Crippen molar-refractivity contribution in [1.82, 2.24) is 14.9 Å². The minimum Gasteiger partial charge on any atom is -0.378 e. The average molecular weight is 387 g/mol. The topological polar surface area (TPSA) is 67.4 Å². The van der Waals surface area contributed by atoms with Gasteiger partial charge in [-0.05, 0) is 44.6 Å². The summed E-state index contributed by atoms with van der Waals surface area (Å²) in [5.41, 5.74) is 2.52. The number of aromatic nitrogens is 2. The minimum absolute atomic E-state index is 0.0807. The van der Waals surface area contributed by atoms with E-state index >= 15 is 0 Å². The standard InChI is InChI=1S/C20H26N4O2S/c1-14-16-18(21-8-7-15-5-3-2-4-6-15)22-13-23-19(16)27-17(14)20(25)24-9-11-26-12-10-24/h5,13H,2-4,6-12H2,1H3,(H,21,22,23). The number of hydrogen-bond acceptors (Lipinski definition) is 6. The van der Waals surface area contributed by atoms with E-state index in [1.807, 2.05) is 11.8 Å². The lowest BCUT2D eigenvalue weighted by Crippen LogP contribution is -2.40. The molecule has 1 saturated heterocycles. The van der Waals surface area contributed by atoms with Crippen molar-refractivity contribution in [2.24, 2.45) is 0 Å². The van der Waals surface area contributed by atoms with Gasteiger partial charge in [0.25, 0.3) is 5.91 Å². The second kappa shape index (κ2) is 8.35. The summed E-state index contributed by atoms with van der Waals surface area (Å²) < 4.78 is 5.36. The number of carbonyl (C=O) groups is 1. The lowest BCUT2D eigenvalue weighted by atomic mass is 9.97. The largest absolute Gasteiger partial charge is 0.378 e. The third-order valence-corrected chi connectivity index (χ3v) is 6.53. The molecule has 1 aliphatic carbocycles. The van der Waals surface area contributed by atoms with Gasteiger partial charge in [0, 0.05) is 19.6 Å². The van der Waals surface area contributed by atoms with Gasteiger partial charge in [0.05, 0.1) is 23.5 Å². The Kier molecular flexibility index (Phi) is 5.69. The number of allylic oxidation sites excluding steroid dienone is 1. The average Bonchev–Trinajstić information content (AvgIpc) is 3.06. The molecule has 1 N–H and O–H groups in total. The molecule has 2 aromatic rings. The molecule has 2 aliphatic rings. The number of thiophene rings is 1. The van der Waals surface area contributed by atoms with Crippen LogP contribution in [0.5, 0.6) is 0 Å². The maximum absolute atomic E-state index is 12.9. The SMILES string of the molecule is Cc1c(C(=O)N2CCOCC2)sc2ncnc(NCCC3=CCCCC3)c12. The van der Waals surface area contributed by atoms with Crippen LogP contribution in [0.4, 0.5) is 5.82 Å². The zero-order chi connectivity index (χ0) is 18.6. The van der Waals surface area contributed by atoms with Crippen LogP contribution in [0.3, 0.4) is 0 Å². The van der Waals surface area contributed by atoms with E-state index in [-0.39, 0.29) is 5.91 Å². The number of hydrogen-bond donors (Lipinski definition) is 1. The summed E-state index contributed by atoms with van der Waals surface area (Å²) in [5, 5.41) is 4.46. The Morgan fingerprint density at radius 3 is 2.93 bits per heavy atom. The van der Waals surface area contributed by atoms with Crippen molar-refractivity contribution < 1.29 is 9.53 Å². The first kappa shape index (κ1) is 18.4. The van der Waals surface area contributed by atoms with Gasteiger partial charge in [0.2, 0.25) is 0 Å². The summed E-state index contributed by atoms with van der Waals surface area (Å²) in [6.45, 7) is 5.39. The number of ether oxygens (including phenoxy) is 1. The summed E-state index contributed by atoms with van der Waals surface area (Å²) in [7, 11) is 0. The fraction of sp³-hybridized carbons (Fsp3) is 0.550. The lowest BCUT2D eigenvalue weighted by Gasteiger charge is -2.26. The molecule has 0 unspecified atom stereocenters. The molecule has 0 bridgehead atoms. The molecule has 144 valence electrons. The fourth-order valence-corrected chi connectivity index (χ4v) is 4.91. The Balaban J connectivity index is 1.52. The van der Waals surface area contributed by atoms with Crippen molar-refractivity contribution in [3.8, 4) is 0 Å². The number of fused-ring (bicyclic) bond motifs is 1. The first-order valence-corrected chi connectivity index (χ1v) is 10.6. The minimum atomic E-state index is 0.0807. The van der Waals surface area contributed by atoms with Gasteiger partial charge in [0.15, 0.2) is 0 Å². The van der Waals surface area contributed by atoms with Crippen molar-refractivity contribution in [3.05, 3.63) is 28.4 Å². The van der Waals surface area contributed by atoms with Gasteiger partial charge < -0.3 is 15.0 Å². The van der Waals surface area contributed by atoms with Crippen LogP contribution in [0.1, 0.15) is 47.3 Å². The quantitative estimate of drug-likeness (QED) is 0.792. The Morgan fingerprint density at radius 1 is 1.30 bits per heavy atom. The van der Waals surface area contributed by atoms with Gasteiger partial charge in [-0.25, -0.2) is 9.97 Å². The Hall–Kier alpha value is -1.99. The van der Waals surface area contributed by atoms with Crippen molar-refractivity contribution in [1.29, 1.82) is 0 Å². The van der Waals surface area contributed by atoms with Crippen LogP contribution >= 0.6 is 11.3 Å². The van der Waals surface area contributed by atoms with Gasteiger partial charge in [0.1, 0.15) is 17.0 Å². The maximum atomic E-state index is 12.9. The molecular weight excluding hydrogens is 360 g/mol. The molecule has 3 heterocycles. The van der Waals surface area contributed by atoms with Gasteiger partial charge >= 0.3 is 0 Å². The number of amides is 1. The molecule has 27 heavy (non-hydrogen) atoms. The Morgan fingerprint density at radius 2 is 2.15 bits per heavy atom. The van der Waals surface area contributed by atoms with Crippen LogP contribution in [0.15, 0.2) is 18.0 Å². The van der Waals surface area contributed by atoms with E-state index in [0.29, 0.717) is 26.3 Å². The van der Waals surface area contributed by atoms with E-state index in [4.69, 9.17) is 4.74 Å². The number of aryl methyl sites for hydroxylation is 1. The smallest absolute Gasteiger partial charge is 0.264 e. The molecule has 2 aromatic heterocycles. The van der Waals surface area contributed by atoms with Crippen LogP contribution in [0.2, 0.25) is 0 Å². The number of rotatable bonds is 5. The van der Waals surface area contributed by atoms with Crippen molar-refractivity contribution in [2.45, 2.75) is 39.0 Å². The number of morpholine rings is 1. The van der Waals surface area contributed by atoms with Crippen LogP contribution in [-0.2, 0) is 4.74 Å². The number of nitrogens with zero attached hydrogens (tertiary/aromatic N) is 3. The predicted octanol–water partition coefficient (Wildman–Crippen LogP) is 3.77. The second-order valence-electron chi connectivity index (χ2n) is 7.15. The van der Waals surface area contributed by atoms with Crippen LogP contribution in [0, 0.1) is 6.92 Å². The van der Waals surface area contributed by atoms with Crippen LogP contribution in [0.25, 0.3) is 10.2 Å². The van der Waals surface area contributed by atoms with Gasteiger partial charge in [-0.1, -0.05) is 11.6 Å². The Bertz CT molecular complexity index is 855. The molecule has 6 nitrogen and oxygen atoms in total. The molecule has 1 aliphatic heterocycles. The molecule has 1 fully saturated rings. The van der Waals surface area contributed by atoms with Gasteiger partial charge in [-0.3, -0.25) is 4.79 Å². The summed E-state index contributed by atoms with van der Waals surface area (Å²) in [4.78, 5) is 25.3. The van der Waals surface area contributed by atoms with Crippen LogP contribution < -0.4 is 5.32 Å². The Labute approximate surface area is 163 Å². The highest BCUT2D eigenvalue weighted by Gasteiger charge is 2.24. The predicted molar refractivity (Wildman–Crippen MR) is 109 cm³/mol. The third-order valence-electron chi connectivity index (χ3n) is 5.34. The summed E-state index contributed by atoms with van der Waals surface area (Å²) in [6.07, 6.45) is 10.1. The highest BCUT2D eigenvalue weighted by Crippen LogP contribution is 2.34. The number of carbonyl (C=O) groups excluding carboxylic acids is 1. The van der Waals surface area contributed by atoms with Crippen molar-refractivity contribution in [2.75, 3.05) is 38.2 Å².